The maximum absolute atomic E-state index is 13.1. The molecule has 1 amide bonds. The highest BCUT2D eigenvalue weighted by atomic mass is 32.1. The van der Waals surface area contributed by atoms with Crippen LogP contribution in [0.1, 0.15) is 37.7 Å². The summed E-state index contributed by atoms with van der Waals surface area (Å²) in [5, 5.41) is 5.18. The van der Waals surface area contributed by atoms with Crippen molar-refractivity contribution in [3.8, 4) is 0 Å². The van der Waals surface area contributed by atoms with E-state index in [-0.39, 0.29) is 11.7 Å². The second kappa shape index (κ2) is 11.3. The third kappa shape index (κ3) is 6.28. The van der Waals surface area contributed by atoms with Crippen molar-refractivity contribution in [1.82, 2.24) is 14.4 Å². The van der Waals surface area contributed by atoms with E-state index in [1.165, 1.54) is 4.88 Å². The normalized spacial score (nSPS) is 14.9. The number of benzene rings is 1. The van der Waals surface area contributed by atoms with Crippen LogP contribution in [0, 0.1) is 27.7 Å². The molecular weight excluding hydrogens is 456 g/mol. The third-order valence-corrected chi connectivity index (χ3v) is 7.92. The van der Waals surface area contributed by atoms with E-state index in [0.717, 1.165) is 72.9 Å². The zero-order chi connectivity index (χ0) is 24.9. The Morgan fingerprint density at radius 2 is 1.57 bits per heavy atom. The lowest BCUT2D eigenvalue weighted by Gasteiger charge is -2.33. The predicted molar refractivity (Wildman–Crippen MR) is 144 cm³/mol. The zero-order valence-electron chi connectivity index (χ0n) is 21.3. The van der Waals surface area contributed by atoms with E-state index in [9.17, 15) is 9.59 Å². The van der Waals surface area contributed by atoms with Gasteiger partial charge in [0, 0.05) is 60.2 Å². The molecular formula is C28H36N4O2S. The number of piperazine rings is 1. The SMILES string of the molecule is Cc1cccc(C)c1NC(=O)CN1CCN(CC(=O)c2cc(C)n(CCc3cccs3)c2C)CC1. The molecule has 0 saturated carbocycles. The lowest BCUT2D eigenvalue weighted by molar-refractivity contribution is -0.117. The van der Waals surface area contributed by atoms with Gasteiger partial charge < -0.3 is 9.88 Å². The quantitative estimate of drug-likeness (QED) is 0.448. The number of para-hydroxylation sites is 1. The van der Waals surface area contributed by atoms with Crippen LogP contribution in [0.15, 0.2) is 41.8 Å². The zero-order valence-corrected chi connectivity index (χ0v) is 22.1. The van der Waals surface area contributed by atoms with Gasteiger partial charge in [-0.25, -0.2) is 0 Å². The molecule has 2 aromatic heterocycles. The molecule has 35 heavy (non-hydrogen) atoms. The molecule has 3 aromatic rings. The molecule has 0 aliphatic carbocycles. The Bertz CT molecular complexity index is 1150. The van der Waals surface area contributed by atoms with Gasteiger partial charge in [0.05, 0.1) is 13.1 Å². The second-order valence-electron chi connectivity index (χ2n) is 9.56. The molecule has 1 fully saturated rings. The minimum absolute atomic E-state index is 0.0157. The standard InChI is InChI=1S/C28H36N4O2S/c1-20-7-5-8-21(2)28(20)29-27(34)19-31-14-12-30(13-15-31)18-26(33)25-17-22(3)32(23(25)4)11-10-24-9-6-16-35-24/h5-9,16-17H,10-15,18-19H2,1-4H3,(H,29,34). The first-order chi connectivity index (χ1) is 16.8. The average molecular weight is 493 g/mol. The first-order valence-electron chi connectivity index (χ1n) is 12.3. The molecule has 7 heteroatoms. The summed E-state index contributed by atoms with van der Waals surface area (Å²) >= 11 is 1.78. The fourth-order valence-electron chi connectivity index (χ4n) is 4.89. The van der Waals surface area contributed by atoms with Crippen LogP contribution in [-0.4, -0.2) is 65.3 Å². The Balaban J connectivity index is 1.26. The van der Waals surface area contributed by atoms with Crippen molar-refractivity contribution >= 4 is 28.7 Å². The lowest BCUT2D eigenvalue weighted by Crippen LogP contribution is -2.49. The summed E-state index contributed by atoms with van der Waals surface area (Å²) in [4.78, 5) is 31.5. The summed E-state index contributed by atoms with van der Waals surface area (Å²) in [5.41, 5.74) is 6.10. The van der Waals surface area contributed by atoms with Crippen LogP contribution >= 0.6 is 11.3 Å². The molecule has 0 bridgehead atoms. The monoisotopic (exact) mass is 492 g/mol. The van der Waals surface area contributed by atoms with Gasteiger partial charge in [0.25, 0.3) is 0 Å². The minimum Gasteiger partial charge on any atom is -0.348 e. The van der Waals surface area contributed by atoms with Crippen molar-refractivity contribution in [2.45, 2.75) is 40.7 Å². The van der Waals surface area contributed by atoms with Crippen LogP contribution in [-0.2, 0) is 17.8 Å². The number of amides is 1. The summed E-state index contributed by atoms with van der Waals surface area (Å²) in [5.74, 6) is 0.198. The van der Waals surface area contributed by atoms with E-state index in [1.54, 1.807) is 11.3 Å². The molecule has 1 aliphatic rings. The van der Waals surface area contributed by atoms with Gasteiger partial charge in [-0.15, -0.1) is 11.3 Å². The Labute approximate surface area is 212 Å². The van der Waals surface area contributed by atoms with Gasteiger partial charge in [-0.2, -0.15) is 0 Å². The Morgan fingerprint density at radius 3 is 2.20 bits per heavy atom. The maximum atomic E-state index is 13.1. The van der Waals surface area contributed by atoms with Crippen LogP contribution in [0.2, 0.25) is 0 Å². The van der Waals surface area contributed by atoms with E-state index < -0.39 is 0 Å². The van der Waals surface area contributed by atoms with Crippen LogP contribution in [0.5, 0.6) is 0 Å². The number of rotatable bonds is 9. The van der Waals surface area contributed by atoms with Gasteiger partial charge in [-0.3, -0.25) is 19.4 Å². The predicted octanol–water partition coefficient (Wildman–Crippen LogP) is 4.46. The van der Waals surface area contributed by atoms with Gasteiger partial charge in [-0.1, -0.05) is 24.3 Å². The van der Waals surface area contributed by atoms with E-state index in [4.69, 9.17) is 0 Å². The Hall–Kier alpha value is -2.74. The van der Waals surface area contributed by atoms with Crippen molar-refractivity contribution < 1.29 is 9.59 Å². The number of Topliss-reactive ketones (excluding diaryl/α,β-unsaturated/α-hetero) is 1. The van der Waals surface area contributed by atoms with Gasteiger partial charge in [0.15, 0.2) is 5.78 Å². The molecule has 186 valence electrons. The Morgan fingerprint density at radius 1 is 0.914 bits per heavy atom. The number of carbonyl (C=O) groups is 2. The fraction of sp³-hybridized carbons (Fsp3) is 0.429. The molecule has 4 rings (SSSR count). The number of anilines is 1. The topological polar surface area (TPSA) is 57.6 Å². The van der Waals surface area contributed by atoms with Gasteiger partial charge >= 0.3 is 0 Å². The molecule has 0 spiro atoms. The molecule has 0 atom stereocenters. The highest BCUT2D eigenvalue weighted by Gasteiger charge is 2.23. The van der Waals surface area contributed by atoms with Crippen molar-refractivity contribution in [2.75, 3.05) is 44.6 Å². The lowest BCUT2D eigenvalue weighted by atomic mass is 10.1. The summed E-state index contributed by atoms with van der Waals surface area (Å²) < 4.78 is 2.26. The Kier molecular flexibility index (Phi) is 8.21. The molecule has 1 aliphatic heterocycles. The fourth-order valence-corrected chi connectivity index (χ4v) is 5.59. The van der Waals surface area contributed by atoms with Gasteiger partial charge in [0.2, 0.25) is 5.91 Å². The third-order valence-electron chi connectivity index (χ3n) is 6.98. The van der Waals surface area contributed by atoms with E-state index in [1.807, 2.05) is 38.1 Å². The molecule has 3 heterocycles. The van der Waals surface area contributed by atoms with Crippen molar-refractivity contribution in [3.05, 3.63) is 74.7 Å². The summed E-state index contributed by atoms with van der Waals surface area (Å²) in [6.45, 7) is 13.0. The smallest absolute Gasteiger partial charge is 0.238 e. The highest BCUT2D eigenvalue weighted by Crippen LogP contribution is 2.20. The van der Waals surface area contributed by atoms with E-state index >= 15 is 0 Å². The largest absolute Gasteiger partial charge is 0.348 e. The molecule has 1 N–H and O–H groups in total. The number of ketones is 1. The summed E-state index contributed by atoms with van der Waals surface area (Å²) in [6.07, 6.45) is 0.987. The number of aryl methyl sites for hydroxylation is 4. The number of hydrogen-bond acceptors (Lipinski definition) is 5. The van der Waals surface area contributed by atoms with E-state index in [2.05, 4.69) is 51.0 Å². The van der Waals surface area contributed by atoms with Crippen LogP contribution < -0.4 is 5.32 Å². The molecule has 1 saturated heterocycles. The maximum Gasteiger partial charge on any atom is 0.238 e. The van der Waals surface area contributed by atoms with Gasteiger partial charge in [0.1, 0.15) is 0 Å². The number of nitrogens with zero attached hydrogens (tertiary/aromatic N) is 3. The first kappa shape index (κ1) is 25.4. The summed E-state index contributed by atoms with van der Waals surface area (Å²) in [6, 6.07) is 12.3. The van der Waals surface area contributed by atoms with Crippen LogP contribution in [0.25, 0.3) is 0 Å². The average Bonchev–Trinajstić information content (AvgIpc) is 3.44. The molecule has 0 radical (unpaired) electrons. The molecule has 6 nitrogen and oxygen atoms in total. The van der Waals surface area contributed by atoms with Crippen molar-refractivity contribution in [1.29, 1.82) is 0 Å². The molecule has 0 unspecified atom stereocenters. The number of carbonyl (C=O) groups excluding carboxylic acids is 2. The van der Waals surface area contributed by atoms with Crippen LogP contribution in [0.4, 0.5) is 5.69 Å². The minimum atomic E-state index is 0.0157. The highest BCUT2D eigenvalue weighted by molar-refractivity contribution is 7.09. The second-order valence-corrected chi connectivity index (χ2v) is 10.6. The van der Waals surface area contributed by atoms with Crippen LogP contribution in [0.3, 0.4) is 0 Å². The number of aromatic nitrogens is 1. The number of nitrogens with one attached hydrogen (secondary N) is 1. The first-order valence-corrected chi connectivity index (χ1v) is 13.2. The molecule has 1 aromatic carbocycles. The van der Waals surface area contributed by atoms with Crippen molar-refractivity contribution in [2.24, 2.45) is 0 Å². The summed E-state index contributed by atoms with van der Waals surface area (Å²) in [7, 11) is 0. The van der Waals surface area contributed by atoms with E-state index in [0.29, 0.717) is 13.1 Å². The van der Waals surface area contributed by atoms with Gasteiger partial charge in [-0.05, 0) is 62.8 Å². The number of thiophene rings is 1. The number of hydrogen-bond donors (Lipinski definition) is 1. The van der Waals surface area contributed by atoms with Crippen molar-refractivity contribution in [3.63, 3.8) is 0 Å².